The molecule has 3 aromatic rings. The normalized spacial score (nSPS) is 11.6. The maximum atomic E-state index is 11.4. The number of carbonyl (C=O) groups is 1. The van der Waals surface area contributed by atoms with E-state index < -0.39 is 0 Å². The van der Waals surface area contributed by atoms with Crippen molar-refractivity contribution >= 4 is 18.6 Å². The first-order chi connectivity index (χ1) is 18.2. The molecule has 0 saturated carbocycles. The third-order valence-corrected chi connectivity index (χ3v) is 5.87. The summed E-state index contributed by atoms with van der Waals surface area (Å²) in [6, 6.07) is 18.9. The number of phenols is 1. The largest absolute Gasteiger partial charge is 0.508 e. The highest BCUT2D eigenvalue weighted by Gasteiger charge is 2.15. The van der Waals surface area contributed by atoms with Crippen molar-refractivity contribution in [1.82, 2.24) is 0 Å². The van der Waals surface area contributed by atoms with E-state index in [1.807, 2.05) is 81.5 Å². The van der Waals surface area contributed by atoms with Gasteiger partial charge < -0.3 is 20.3 Å². The summed E-state index contributed by atoms with van der Waals surface area (Å²) in [5, 5.41) is 12.3. The minimum Gasteiger partial charge on any atom is -0.508 e. The van der Waals surface area contributed by atoms with Crippen LogP contribution in [-0.2, 0) is 17.8 Å². The van der Waals surface area contributed by atoms with Crippen molar-refractivity contribution in [2.24, 2.45) is 5.73 Å². The molecule has 0 unspecified atom stereocenters. The zero-order valence-electron chi connectivity index (χ0n) is 23.3. The second kappa shape index (κ2) is 15.3. The number of aromatic hydroxyl groups is 1. The molecule has 3 N–H and O–H groups in total. The third-order valence-electron chi connectivity index (χ3n) is 5.87. The molecule has 5 heteroatoms. The lowest BCUT2D eigenvalue weighted by Gasteiger charge is -2.18. The van der Waals surface area contributed by atoms with Crippen LogP contribution >= 0.6 is 0 Å². The van der Waals surface area contributed by atoms with E-state index in [4.69, 9.17) is 15.2 Å². The number of carbonyl (C=O) groups excluding carboxylic acids is 1. The van der Waals surface area contributed by atoms with Gasteiger partial charge in [-0.15, -0.1) is 0 Å². The minimum absolute atomic E-state index is 0.178. The predicted molar refractivity (Wildman–Crippen MR) is 157 cm³/mol. The van der Waals surface area contributed by atoms with Gasteiger partial charge in [0.2, 0.25) is 5.91 Å². The number of hydrogen-bond donors (Lipinski definition) is 2. The standard InChI is InChI=1S/C31H35NO4.C2H6/c1-21(2)30-17-26(33)16-25(29(30)14-15-31(32)34)20-36-28-11-7-10-27(18-28)35-19-22(3)12-13-24-9-6-5-8-23(24)4;1-2/h5-13,16-18,21,33H,4,14-15,19-20H2,1-3H3,(H2,32,34);1-2H3/b22-12+,24-13-;. The number of nitrogens with two attached hydrogens (primary N) is 1. The van der Waals surface area contributed by atoms with E-state index in [1.54, 1.807) is 12.1 Å². The van der Waals surface area contributed by atoms with Crippen LogP contribution in [0.25, 0.3) is 12.7 Å². The first-order valence-corrected chi connectivity index (χ1v) is 13.1. The minimum atomic E-state index is -0.355. The summed E-state index contributed by atoms with van der Waals surface area (Å²) in [4.78, 5) is 11.4. The number of rotatable bonds is 11. The maximum absolute atomic E-state index is 11.4. The van der Waals surface area contributed by atoms with Gasteiger partial charge in [-0.1, -0.05) is 76.8 Å². The molecule has 0 aliphatic rings. The molecule has 0 aromatic heterocycles. The number of hydrogen-bond acceptors (Lipinski definition) is 4. The Kier molecular flexibility index (Phi) is 12.2. The fourth-order valence-electron chi connectivity index (χ4n) is 3.93. The Morgan fingerprint density at radius 3 is 2.37 bits per heavy atom. The van der Waals surface area contributed by atoms with Crippen LogP contribution in [0.15, 0.2) is 72.3 Å². The molecule has 0 heterocycles. The summed E-state index contributed by atoms with van der Waals surface area (Å²) in [5.74, 6) is 1.36. The molecule has 0 aliphatic carbocycles. The van der Waals surface area contributed by atoms with Crippen molar-refractivity contribution < 1.29 is 19.4 Å². The molecule has 0 radical (unpaired) electrons. The van der Waals surface area contributed by atoms with E-state index in [0.29, 0.717) is 24.5 Å². The molecule has 5 nitrogen and oxygen atoms in total. The number of ether oxygens (including phenoxy) is 2. The van der Waals surface area contributed by atoms with E-state index in [2.05, 4.69) is 20.4 Å². The lowest BCUT2D eigenvalue weighted by molar-refractivity contribution is -0.118. The predicted octanol–water partition coefficient (Wildman–Crippen LogP) is 5.75. The molecule has 1 amide bonds. The second-order valence-electron chi connectivity index (χ2n) is 9.22. The smallest absolute Gasteiger partial charge is 0.217 e. The summed E-state index contributed by atoms with van der Waals surface area (Å²) < 4.78 is 12.0. The molecular formula is C33H41NO4. The lowest BCUT2D eigenvalue weighted by Crippen LogP contribution is -2.21. The van der Waals surface area contributed by atoms with Gasteiger partial charge in [-0.05, 0) is 76.2 Å². The monoisotopic (exact) mass is 515 g/mol. The Hall–Kier alpha value is -3.99. The molecule has 0 bridgehead atoms. The summed E-state index contributed by atoms with van der Waals surface area (Å²) in [5.41, 5.74) is 9.29. The number of amides is 1. The summed E-state index contributed by atoms with van der Waals surface area (Å²) in [6.07, 6.45) is 4.82. The Morgan fingerprint density at radius 1 is 1.03 bits per heavy atom. The van der Waals surface area contributed by atoms with Crippen LogP contribution in [0.2, 0.25) is 0 Å². The highest BCUT2D eigenvalue weighted by molar-refractivity contribution is 5.74. The van der Waals surface area contributed by atoms with Crippen molar-refractivity contribution in [2.45, 2.75) is 60.0 Å². The van der Waals surface area contributed by atoms with Gasteiger partial charge in [-0.25, -0.2) is 0 Å². The van der Waals surface area contributed by atoms with E-state index in [-0.39, 0.29) is 30.6 Å². The molecule has 0 atom stereocenters. The van der Waals surface area contributed by atoms with Crippen LogP contribution < -0.4 is 25.6 Å². The number of allylic oxidation sites excluding steroid dienone is 1. The molecule has 3 rings (SSSR count). The SMILES string of the molecule is C=c1cccc/c1=C/C=C(\C)COc1cccc(OCc2cc(O)cc(C(C)C)c2CCC(N)=O)c1.CC. The molecule has 3 aromatic carbocycles. The Labute approximate surface area is 226 Å². The van der Waals surface area contributed by atoms with Gasteiger partial charge in [0.15, 0.2) is 0 Å². The van der Waals surface area contributed by atoms with Crippen LogP contribution in [0.4, 0.5) is 0 Å². The van der Waals surface area contributed by atoms with Gasteiger partial charge in [0, 0.05) is 12.5 Å². The fraction of sp³-hybridized carbons (Fsp3) is 0.303. The average molecular weight is 516 g/mol. The lowest BCUT2D eigenvalue weighted by atomic mass is 9.90. The first-order valence-electron chi connectivity index (χ1n) is 13.1. The Balaban J connectivity index is 0.00000247. The molecule has 38 heavy (non-hydrogen) atoms. The Bertz CT molecular complexity index is 1340. The highest BCUT2D eigenvalue weighted by atomic mass is 16.5. The second-order valence-corrected chi connectivity index (χ2v) is 9.22. The first kappa shape index (κ1) is 30.2. The van der Waals surface area contributed by atoms with Crippen molar-refractivity contribution in [3.8, 4) is 17.2 Å². The van der Waals surface area contributed by atoms with Crippen molar-refractivity contribution in [3.63, 3.8) is 0 Å². The van der Waals surface area contributed by atoms with Crippen molar-refractivity contribution in [2.75, 3.05) is 6.61 Å². The topological polar surface area (TPSA) is 81.8 Å². The van der Waals surface area contributed by atoms with E-state index >= 15 is 0 Å². The van der Waals surface area contributed by atoms with Crippen LogP contribution in [0, 0.1) is 0 Å². The third kappa shape index (κ3) is 9.47. The van der Waals surface area contributed by atoms with E-state index in [1.165, 1.54) is 0 Å². The van der Waals surface area contributed by atoms with Crippen molar-refractivity contribution in [1.29, 1.82) is 0 Å². The molecule has 0 aliphatic heterocycles. The van der Waals surface area contributed by atoms with Crippen LogP contribution in [0.3, 0.4) is 0 Å². The molecule has 202 valence electrons. The highest BCUT2D eigenvalue weighted by Crippen LogP contribution is 2.30. The van der Waals surface area contributed by atoms with E-state index in [9.17, 15) is 9.90 Å². The summed E-state index contributed by atoms with van der Waals surface area (Å²) >= 11 is 0. The van der Waals surface area contributed by atoms with Gasteiger partial charge >= 0.3 is 0 Å². The molecule has 0 fully saturated rings. The van der Waals surface area contributed by atoms with Crippen LogP contribution in [0.5, 0.6) is 17.2 Å². The fourth-order valence-corrected chi connectivity index (χ4v) is 3.93. The van der Waals surface area contributed by atoms with Crippen LogP contribution in [-0.4, -0.2) is 17.6 Å². The summed E-state index contributed by atoms with van der Waals surface area (Å²) in [6.45, 7) is 14.9. The van der Waals surface area contributed by atoms with Gasteiger partial charge in [0.05, 0.1) is 0 Å². The van der Waals surface area contributed by atoms with Gasteiger partial charge in [-0.2, -0.15) is 0 Å². The van der Waals surface area contributed by atoms with Gasteiger partial charge in [0.25, 0.3) is 0 Å². The number of benzene rings is 3. The van der Waals surface area contributed by atoms with Gasteiger partial charge in [-0.3, -0.25) is 4.79 Å². The molecule has 0 spiro atoms. The summed E-state index contributed by atoms with van der Waals surface area (Å²) in [7, 11) is 0. The average Bonchev–Trinajstić information content (AvgIpc) is 2.90. The number of primary amides is 1. The molecular weight excluding hydrogens is 474 g/mol. The zero-order chi connectivity index (χ0) is 28.1. The van der Waals surface area contributed by atoms with Crippen molar-refractivity contribution in [3.05, 3.63) is 99.4 Å². The zero-order valence-corrected chi connectivity index (χ0v) is 23.3. The Morgan fingerprint density at radius 2 is 1.71 bits per heavy atom. The van der Waals surface area contributed by atoms with Gasteiger partial charge in [0.1, 0.15) is 30.5 Å². The maximum Gasteiger partial charge on any atom is 0.217 e. The molecule has 0 saturated heterocycles. The quantitative estimate of drug-likeness (QED) is 0.340. The van der Waals surface area contributed by atoms with E-state index in [0.717, 1.165) is 32.7 Å². The number of phenolic OH excluding ortho intramolecular Hbond substituents is 1. The van der Waals surface area contributed by atoms with Crippen LogP contribution in [0.1, 0.15) is 63.6 Å².